The SMILES string of the molecule is Cc1ccc(-n2nc3c(-c4nc5ccccc5s4)nnc(C)c3c2C)cc1. The van der Waals surface area contributed by atoms with Crippen molar-refractivity contribution in [3.8, 4) is 16.4 Å². The normalized spacial score (nSPS) is 11.5. The van der Waals surface area contributed by atoms with Gasteiger partial charge in [0.2, 0.25) is 0 Å². The number of aromatic nitrogens is 5. The van der Waals surface area contributed by atoms with Crippen LogP contribution in [0.15, 0.2) is 48.5 Å². The fourth-order valence-electron chi connectivity index (χ4n) is 3.38. The molecule has 5 rings (SSSR count). The molecule has 0 aliphatic heterocycles. The van der Waals surface area contributed by atoms with E-state index < -0.39 is 0 Å². The van der Waals surface area contributed by atoms with Crippen molar-refractivity contribution in [3.63, 3.8) is 0 Å². The zero-order valence-corrected chi connectivity index (χ0v) is 16.1. The second kappa shape index (κ2) is 5.96. The summed E-state index contributed by atoms with van der Waals surface area (Å²) in [5.74, 6) is 0. The van der Waals surface area contributed by atoms with Gasteiger partial charge in [0, 0.05) is 5.39 Å². The molecule has 6 heteroatoms. The summed E-state index contributed by atoms with van der Waals surface area (Å²) >= 11 is 1.62. The highest BCUT2D eigenvalue weighted by Crippen LogP contribution is 2.34. The van der Waals surface area contributed by atoms with E-state index in [1.54, 1.807) is 11.3 Å². The Morgan fingerprint density at radius 3 is 2.44 bits per heavy atom. The fraction of sp³-hybridized carbons (Fsp3) is 0.143. The largest absolute Gasteiger partial charge is 0.237 e. The Morgan fingerprint density at radius 2 is 1.67 bits per heavy atom. The van der Waals surface area contributed by atoms with Crippen molar-refractivity contribution in [1.29, 1.82) is 0 Å². The predicted molar refractivity (Wildman–Crippen MR) is 109 cm³/mol. The molecule has 5 nitrogen and oxygen atoms in total. The Hall–Kier alpha value is -3.12. The molecule has 0 saturated carbocycles. The molecule has 0 amide bonds. The Balaban J connectivity index is 1.78. The molecule has 27 heavy (non-hydrogen) atoms. The minimum Gasteiger partial charge on any atom is -0.237 e. The number of nitrogens with zero attached hydrogens (tertiary/aromatic N) is 5. The molecule has 0 unspecified atom stereocenters. The van der Waals surface area contributed by atoms with Gasteiger partial charge in [0.1, 0.15) is 16.2 Å². The molecule has 132 valence electrons. The van der Waals surface area contributed by atoms with E-state index in [1.807, 2.05) is 29.8 Å². The Labute approximate surface area is 160 Å². The zero-order valence-electron chi connectivity index (χ0n) is 15.3. The van der Waals surface area contributed by atoms with Crippen LogP contribution in [0.2, 0.25) is 0 Å². The van der Waals surface area contributed by atoms with Gasteiger partial charge in [-0.3, -0.25) is 0 Å². The lowest BCUT2D eigenvalue weighted by Crippen LogP contribution is -1.98. The first kappa shape index (κ1) is 16.1. The Bertz CT molecular complexity index is 1260. The minimum absolute atomic E-state index is 0.741. The minimum atomic E-state index is 0.741. The van der Waals surface area contributed by atoms with Gasteiger partial charge in [0.15, 0.2) is 0 Å². The number of hydrogen-bond acceptors (Lipinski definition) is 5. The molecular formula is C21H17N5S. The third kappa shape index (κ3) is 2.52. The maximum atomic E-state index is 4.90. The first-order valence-electron chi connectivity index (χ1n) is 8.77. The van der Waals surface area contributed by atoms with Crippen LogP contribution in [-0.4, -0.2) is 25.0 Å². The van der Waals surface area contributed by atoms with Crippen LogP contribution in [0.5, 0.6) is 0 Å². The first-order valence-corrected chi connectivity index (χ1v) is 9.59. The van der Waals surface area contributed by atoms with Crippen LogP contribution in [0, 0.1) is 20.8 Å². The fourth-order valence-corrected chi connectivity index (χ4v) is 4.33. The highest BCUT2D eigenvalue weighted by molar-refractivity contribution is 7.21. The summed E-state index contributed by atoms with van der Waals surface area (Å²) in [5.41, 5.74) is 6.76. The zero-order chi connectivity index (χ0) is 18.5. The lowest BCUT2D eigenvalue weighted by atomic mass is 10.2. The molecule has 0 saturated heterocycles. The number of benzene rings is 2. The molecule has 0 aliphatic rings. The van der Waals surface area contributed by atoms with Gasteiger partial charge in [0.05, 0.1) is 27.3 Å². The van der Waals surface area contributed by atoms with E-state index in [2.05, 4.69) is 54.4 Å². The molecular weight excluding hydrogens is 354 g/mol. The maximum Gasteiger partial charge on any atom is 0.150 e. The quantitative estimate of drug-likeness (QED) is 0.437. The summed E-state index contributed by atoms with van der Waals surface area (Å²) in [4.78, 5) is 4.75. The summed E-state index contributed by atoms with van der Waals surface area (Å²) < 4.78 is 3.11. The van der Waals surface area contributed by atoms with E-state index in [4.69, 9.17) is 10.1 Å². The van der Waals surface area contributed by atoms with E-state index in [1.165, 1.54) is 5.56 Å². The van der Waals surface area contributed by atoms with Crippen LogP contribution in [0.4, 0.5) is 0 Å². The third-order valence-electron chi connectivity index (χ3n) is 4.78. The van der Waals surface area contributed by atoms with E-state index in [9.17, 15) is 0 Å². The molecule has 3 heterocycles. The molecule has 0 bridgehead atoms. The highest BCUT2D eigenvalue weighted by atomic mass is 32.1. The van der Waals surface area contributed by atoms with E-state index in [-0.39, 0.29) is 0 Å². The van der Waals surface area contributed by atoms with Gasteiger partial charge in [0.25, 0.3) is 0 Å². The molecule has 0 spiro atoms. The van der Waals surface area contributed by atoms with Gasteiger partial charge < -0.3 is 0 Å². The summed E-state index contributed by atoms with van der Waals surface area (Å²) in [5, 5.41) is 15.6. The van der Waals surface area contributed by atoms with Gasteiger partial charge in [-0.15, -0.1) is 16.4 Å². The highest BCUT2D eigenvalue weighted by Gasteiger charge is 2.20. The average molecular weight is 371 g/mol. The van der Waals surface area contributed by atoms with Crippen molar-refractivity contribution < 1.29 is 0 Å². The number of aryl methyl sites for hydroxylation is 3. The van der Waals surface area contributed by atoms with Crippen LogP contribution >= 0.6 is 11.3 Å². The summed E-state index contributed by atoms with van der Waals surface area (Å²) in [6.45, 7) is 6.14. The van der Waals surface area contributed by atoms with Crippen molar-refractivity contribution >= 4 is 32.5 Å². The van der Waals surface area contributed by atoms with E-state index >= 15 is 0 Å². The van der Waals surface area contributed by atoms with Crippen molar-refractivity contribution in [2.24, 2.45) is 0 Å². The topological polar surface area (TPSA) is 56.5 Å². The average Bonchev–Trinajstić information content (AvgIpc) is 3.25. The van der Waals surface area contributed by atoms with Gasteiger partial charge in [-0.2, -0.15) is 10.2 Å². The lowest BCUT2D eigenvalue weighted by Gasteiger charge is -2.04. The number of thiazole rings is 1. The van der Waals surface area contributed by atoms with E-state index in [0.29, 0.717) is 0 Å². The monoisotopic (exact) mass is 371 g/mol. The second-order valence-corrected chi connectivity index (χ2v) is 7.71. The van der Waals surface area contributed by atoms with Crippen LogP contribution < -0.4 is 0 Å². The molecule has 0 fully saturated rings. The number of para-hydroxylation sites is 1. The van der Waals surface area contributed by atoms with Crippen LogP contribution in [0.25, 0.3) is 37.5 Å². The maximum absolute atomic E-state index is 4.90. The lowest BCUT2D eigenvalue weighted by molar-refractivity contribution is 0.860. The second-order valence-electron chi connectivity index (χ2n) is 6.68. The molecule has 0 atom stereocenters. The number of hydrogen-bond donors (Lipinski definition) is 0. The van der Waals surface area contributed by atoms with Crippen LogP contribution in [0.3, 0.4) is 0 Å². The smallest absolute Gasteiger partial charge is 0.150 e. The molecule has 3 aromatic heterocycles. The summed E-state index contributed by atoms with van der Waals surface area (Å²) in [6.07, 6.45) is 0. The standard InChI is InChI=1S/C21H17N5S/c1-12-8-10-15(11-9-12)26-14(3)18-13(2)23-24-20(19(18)25-26)21-22-16-6-4-5-7-17(16)27-21/h4-11H,1-3H3. The first-order chi connectivity index (χ1) is 13.1. The van der Waals surface area contributed by atoms with Gasteiger partial charge in [-0.1, -0.05) is 29.8 Å². The molecule has 5 aromatic rings. The summed E-state index contributed by atoms with van der Waals surface area (Å²) in [6, 6.07) is 16.5. The molecule has 2 aromatic carbocycles. The van der Waals surface area contributed by atoms with Gasteiger partial charge >= 0.3 is 0 Å². The number of rotatable bonds is 2. The van der Waals surface area contributed by atoms with Crippen molar-refractivity contribution in [2.45, 2.75) is 20.8 Å². The third-order valence-corrected chi connectivity index (χ3v) is 5.82. The van der Waals surface area contributed by atoms with Crippen LogP contribution in [-0.2, 0) is 0 Å². The van der Waals surface area contributed by atoms with Crippen molar-refractivity contribution in [1.82, 2.24) is 25.0 Å². The van der Waals surface area contributed by atoms with Gasteiger partial charge in [-0.25, -0.2) is 9.67 Å². The van der Waals surface area contributed by atoms with E-state index in [0.717, 1.165) is 48.9 Å². The van der Waals surface area contributed by atoms with Gasteiger partial charge in [-0.05, 0) is 45.0 Å². The van der Waals surface area contributed by atoms with Crippen molar-refractivity contribution in [3.05, 3.63) is 65.5 Å². The van der Waals surface area contributed by atoms with Crippen molar-refractivity contribution in [2.75, 3.05) is 0 Å². The molecule has 0 aliphatic carbocycles. The summed E-state index contributed by atoms with van der Waals surface area (Å²) in [7, 11) is 0. The molecule has 0 N–H and O–H groups in total. The van der Waals surface area contributed by atoms with Crippen LogP contribution in [0.1, 0.15) is 17.0 Å². The molecule has 0 radical (unpaired) electrons. The Kier molecular flexibility index (Phi) is 3.55. The number of fused-ring (bicyclic) bond motifs is 2. The Morgan fingerprint density at radius 1 is 0.889 bits per heavy atom. The predicted octanol–water partition coefficient (Wildman–Crippen LogP) is 5.02.